The van der Waals surface area contributed by atoms with Crippen molar-refractivity contribution in [2.75, 3.05) is 0 Å². The maximum atomic E-state index is 11.4. The molecule has 0 spiro atoms. The minimum absolute atomic E-state index is 0.0753. The van der Waals surface area contributed by atoms with Crippen molar-refractivity contribution < 1.29 is 8.42 Å². The van der Waals surface area contributed by atoms with Crippen LogP contribution in [0.15, 0.2) is 46.9 Å². The van der Waals surface area contributed by atoms with Crippen LogP contribution in [0.2, 0.25) is 0 Å². The van der Waals surface area contributed by atoms with Gasteiger partial charge in [-0.05, 0) is 16.3 Å². The van der Waals surface area contributed by atoms with E-state index in [1.807, 2.05) is 42.5 Å². The Morgan fingerprint density at radius 2 is 1.83 bits per heavy atom. The van der Waals surface area contributed by atoms with Gasteiger partial charge < -0.3 is 5.73 Å². The van der Waals surface area contributed by atoms with Crippen molar-refractivity contribution in [1.82, 2.24) is 4.72 Å². The molecule has 1 aliphatic rings. The first kappa shape index (κ1) is 11.2. The third kappa shape index (κ3) is 1.75. The molecule has 92 valence electrons. The van der Waals surface area contributed by atoms with Crippen molar-refractivity contribution in [3.8, 4) is 0 Å². The summed E-state index contributed by atoms with van der Waals surface area (Å²) in [5.74, 6) is 0.0753. The van der Waals surface area contributed by atoms with Crippen molar-refractivity contribution in [1.29, 1.82) is 0 Å². The van der Waals surface area contributed by atoms with Gasteiger partial charge in [-0.15, -0.1) is 4.40 Å². The van der Waals surface area contributed by atoms with Gasteiger partial charge >= 0.3 is 10.2 Å². The van der Waals surface area contributed by atoms with Crippen LogP contribution in [0.4, 0.5) is 0 Å². The van der Waals surface area contributed by atoms with Crippen LogP contribution in [0.1, 0.15) is 11.6 Å². The Kier molecular flexibility index (Phi) is 2.36. The summed E-state index contributed by atoms with van der Waals surface area (Å²) in [4.78, 5) is 0. The molecule has 6 heteroatoms. The predicted molar refractivity (Wildman–Crippen MR) is 70.4 cm³/mol. The van der Waals surface area contributed by atoms with Gasteiger partial charge in [0.05, 0.1) is 0 Å². The summed E-state index contributed by atoms with van der Waals surface area (Å²) in [6, 6.07) is 12.8. The molecule has 18 heavy (non-hydrogen) atoms. The van der Waals surface area contributed by atoms with Crippen LogP contribution in [0, 0.1) is 0 Å². The minimum atomic E-state index is -3.65. The maximum absolute atomic E-state index is 11.4. The SMILES string of the molecule is NC1=NS(=O)(=O)N[C@@H]1c1cccc2ccccc12. The summed E-state index contributed by atoms with van der Waals surface area (Å²) < 4.78 is 28.6. The van der Waals surface area contributed by atoms with Gasteiger partial charge in [-0.25, -0.2) is 0 Å². The van der Waals surface area contributed by atoms with Crippen LogP contribution in [0.25, 0.3) is 10.8 Å². The molecule has 0 fully saturated rings. The molecule has 0 saturated carbocycles. The summed E-state index contributed by atoms with van der Waals surface area (Å²) in [5.41, 5.74) is 6.50. The lowest BCUT2D eigenvalue weighted by molar-refractivity contribution is 0.585. The highest BCUT2D eigenvalue weighted by atomic mass is 32.2. The highest BCUT2D eigenvalue weighted by Crippen LogP contribution is 2.27. The first-order valence-corrected chi connectivity index (χ1v) is 6.86. The predicted octanol–water partition coefficient (Wildman–Crippen LogP) is 1.09. The third-order valence-corrected chi connectivity index (χ3v) is 3.91. The van der Waals surface area contributed by atoms with E-state index in [0.717, 1.165) is 16.3 Å². The van der Waals surface area contributed by atoms with Crippen LogP contribution < -0.4 is 10.5 Å². The summed E-state index contributed by atoms with van der Waals surface area (Å²) in [5, 5.41) is 2.00. The molecule has 3 N–H and O–H groups in total. The van der Waals surface area contributed by atoms with Crippen molar-refractivity contribution in [2.45, 2.75) is 6.04 Å². The molecule has 3 rings (SSSR count). The molecule has 1 atom stereocenters. The average Bonchev–Trinajstić information content (AvgIpc) is 2.62. The molecule has 0 unspecified atom stereocenters. The van der Waals surface area contributed by atoms with Gasteiger partial charge in [-0.2, -0.15) is 13.1 Å². The van der Waals surface area contributed by atoms with E-state index in [1.54, 1.807) is 0 Å². The Morgan fingerprint density at radius 1 is 1.11 bits per heavy atom. The smallest absolute Gasteiger partial charge is 0.322 e. The molecule has 1 heterocycles. The number of hydrogen-bond donors (Lipinski definition) is 2. The molecule has 2 aromatic carbocycles. The van der Waals surface area contributed by atoms with E-state index in [-0.39, 0.29) is 5.84 Å². The normalized spacial score (nSPS) is 22.0. The topological polar surface area (TPSA) is 84.5 Å². The van der Waals surface area contributed by atoms with Crippen LogP contribution in [-0.2, 0) is 10.2 Å². The van der Waals surface area contributed by atoms with E-state index in [4.69, 9.17) is 5.73 Å². The number of rotatable bonds is 1. The second-order valence-corrected chi connectivity index (χ2v) is 5.48. The van der Waals surface area contributed by atoms with Crippen LogP contribution >= 0.6 is 0 Å². The number of fused-ring (bicyclic) bond motifs is 1. The Hall–Kier alpha value is -1.92. The maximum Gasteiger partial charge on any atom is 0.322 e. The zero-order chi connectivity index (χ0) is 12.8. The first-order chi connectivity index (χ1) is 8.57. The Balaban J connectivity index is 2.20. The van der Waals surface area contributed by atoms with Crippen molar-refractivity contribution in [3.63, 3.8) is 0 Å². The van der Waals surface area contributed by atoms with Crippen molar-refractivity contribution >= 4 is 26.8 Å². The van der Waals surface area contributed by atoms with E-state index in [1.165, 1.54) is 0 Å². The largest absolute Gasteiger partial charge is 0.385 e. The molecular weight excluding hydrogens is 250 g/mol. The zero-order valence-corrected chi connectivity index (χ0v) is 10.2. The van der Waals surface area contributed by atoms with E-state index in [9.17, 15) is 8.42 Å². The highest BCUT2D eigenvalue weighted by Gasteiger charge is 2.30. The van der Waals surface area contributed by atoms with Gasteiger partial charge in [0, 0.05) is 0 Å². The number of nitrogens with zero attached hydrogens (tertiary/aromatic N) is 1. The van der Waals surface area contributed by atoms with E-state index in [0.29, 0.717) is 0 Å². The summed E-state index contributed by atoms with van der Waals surface area (Å²) in [6.45, 7) is 0. The van der Waals surface area contributed by atoms with Gasteiger partial charge in [0.25, 0.3) is 0 Å². The summed E-state index contributed by atoms with van der Waals surface area (Å²) >= 11 is 0. The summed E-state index contributed by atoms with van der Waals surface area (Å²) in [6.07, 6.45) is 0. The van der Waals surface area contributed by atoms with Crippen molar-refractivity contribution in [2.24, 2.45) is 10.1 Å². The lowest BCUT2D eigenvalue weighted by atomic mass is 9.99. The summed E-state index contributed by atoms with van der Waals surface area (Å²) in [7, 11) is -3.65. The number of nitrogens with two attached hydrogens (primary N) is 1. The fourth-order valence-corrected chi connectivity index (χ4v) is 3.13. The van der Waals surface area contributed by atoms with E-state index < -0.39 is 16.3 Å². The average molecular weight is 261 g/mol. The fraction of sp³-hybridized carbons (Fsp3) is 0.0833. The highest BCUT2D eigenvalue weighted by molar-refractivity contribution is 7.88. The molecule has 0 saturated heterocycles. The molecule has 0 radical (unpaired) electrons. The Labute approximate surface area is 105 Å². The van der Waals surface area contributed by atoms with Gasteiger partial charge in [0.2, 0.25) is 0 Å². The molecule has 1 aliphatic heterocycles. The Bertz CT molecular complexity index is 748. The second-order valence-electron chi connectivity index (χ2n) is 4.11. The molecular formula is C12H11N3O2S. The Morgan fingerprint density at radius 3 is 2.56 bits per heavy atom. The lowest BCUT2D eigenvalue weighted by Crippen LogP contribution is -2.28. The minimum Gasteiger partial charge on any atom is -0.385 e. The lowest BCUT2D eigenvalue weighted by Gasteiger charge is -2.12. The molecule has 0 bridgehead atoms. The first-order valence-electron chi connectivity index (χ1n) is 5.42. The van der Waals surface area contributed by atoms with E-state index in [2.05, 4.69) is 9.12 Å². The molecule has 0 amide bonds. The zero-order valence-electron chi connectivity index (χ0n) is 9.37. The number of hydrogen-bond acceptors (Lipinski definition) is 3. The molecule has 0 aliphatic carbocycles. The van der Waals surface area contributed by atoms with Crippen molar-refractivity contribution in [3.05, 3.63) is 48.0 Å². The van der Waals surface area contributed by atoms with E-state index >= 15 is 0 Å². The van der Waals surface area contributed by atoms with Gasteiger partial charge in [-0.3, -0.25) is 0 Å². The monoisotopic (exact) mass is 261 g/mol. The van der Waals surface area contributed by atoms with Crippen LogP contribution in [0.3, 0.4) is 0 Å². The van der Waals surface area contributed by atoms with Crippen LogP contribution in [-0.4, -0.2) is 14.3 Å². The fourth-order valence-electron chi connectivity index (χ4n) is 2.15. The molecule has 2 aromatic rings. The van der Waals surface area contributed by atoms with Gasteiger partial charge in [-0.1, -0.05) is 42.5 Å². The molecule has 5 nitrogen and oxygen atoms in total. The standard InChI is InChI=1S/C12H11N3O2S/c13-12-11(14-18(16,17)15-12)10-7-3-5-8-4-1-2-6-9(8)10/h1-7,11,14H,(H2,13,15)/t11-/m1/s1. The molecule has 0 aromatic heterocycles. The van der Waals surface area contributed by atoms with Crippen LogP contribution in [0.5, 0.6) is 0 Å². The number of nitrogens with one attached hydrogen (secondary N) is 1. The number of amidine groups is 1. The number of benzene rings is 2. The van der Waals surface area contributed by atoms with Gasteiger partial charge in [0.15, 0.2) is 0 Å². The quantitative estimate of drug-likeness (QED) is 0.805. The second kappa shape index (κ2) is 3.79. The third-order valence-electron chi connectivity index (χ3n) is 2.92. The van der Waals surface area contributed by atoms with Gasteiger partial charge in [0.1, 0.15) is 11.9 Å².